The summed E-state index contributed by atoms with van der Waals surface area (Å²) in [5, 5.41) is 9.03. The first-order valence-electron chi connectivity index (χ1n) is 6.85. The molecule has 0 radical (unpaired) electrons. The molecular formula is C13H25NO6S. The topological polar surface area (TPSA) is 110 Å². The van der Waals surface area contributed by atoms with E-state index in [1.165, 1.54) is 0 Å². The molecule has 7 nitrogen and oxygen atoms in total. The fourth-order valence-corrected chi connectivity index (χ4v) is 3.10. The number of rotatable bonds is 9. The number of carbonyl (C=O) groups is 2. The molecule has 0 aliphatic heterocycles. The van der Waals surface area contributed by atoms with Crippen molar-refractivity contribution >= 4 is 22.0 Å². The van der Waals surface area contributed by atoms with Crippen molar-refractivity contribution in [2.24, 2.45) is 5.41 Å². The molecule has 0 aromatic heterocycles. The van der Waals surface area contributed by atoms with Gasteiger partial charge in [-0.15, -0.1) is 0 Å². The van der Waals surface area contributed by atoms with Crippen LogP contribution < -0.4 is 4.72 Å². The Morgan fingerprint density at radius 3 is 2.29 bits per heavy atom. The van der Waals surface area contributed by atoms with Gasteiger partial charge in [-0.05, 0) is 25.2 Å². The molecule has 0 unspecified atom stereocenters. The maximum Gasteiger partial charge on any atom is 0.321 e. The summed E-state index contributed by atoms with van der Waals surface area (Å²) < 4.78 is 30.6. The molecule has 0 saturated carbocycles. The van der Waals surface area contributed by atoms with Crippen LogP contribution >= 0.6 is 0 Å². The van der Waals surface area contributed by atoms with E-state index in [4.69, 9.17) is 5.11 Å². The number of esters is 1. The Bertz CT molecular complexity index is 452. The Hall–Kier alpha value is -1.15. The maximum atomic E-state index is 11.9. The number of hydrogen-bond donors (Lipinski definition) is 2. The van der Waals surface area contributed by atoms with Crippen molar-refractivity contribution in [3.05, 3.63) is 0 Å². The van der Waals surface area contributed by atoms with Gasteiger partial charge in [0.05, 0.1) is 12.4 Å². The van der Waals surface area contributed by atoms with Crippen molar-refractivity contribution in [2.45, 2.75) is 53.0 Å². The molecule has 0 spiro atoms. The normalized spacial score (nSPS) is 13.7. The van der Waals surface area contributed by atoms with E-state index in [1.807, 2.05) is 20.8 Å². The van der Waals surface area contributed by atoms with Crippen molar-refractivity contribution < 1.29 is 27.9 Å². The Labute approximate surface area is 126 Å². The number of carbonyl (C=O) groups excluding carboxylic acids is 1. The zero-order valence-corrected chi connectivity index (χ0v) is 13.8. The fraction of sp³-hybridized carbons (Fsp3) is 0.846. The van der Waals surface area contributed by atoms with Gasteiger partial charge in [0.2, 0.25) is 10.0 Å². The molecule has 0 amide bonds. The summed E-state index contributed by atoms with van der Waals surface area (Å²) in [6, 6.07) is -1.32. The predicted molar refractivity (Wildman–Crippen MR) is 78.3 cm³/mol. The number of carboxylic acid groups (broad SMARTS) is 1. The van der Waals surface area contributed by atoms with Crippen LogP contribution in [-0.4, -0.2) is 43.9 Å². The molecule has 1 atom stereocenters. The Kier molecular flexibility index (Phi) is 7.87. The summed E-state index contributed by atoms with van der Waals surface area (Å²) in [5.41, 5.74) is -0.168. The largest absolute Gasteiger partial charge is 0.480 e. The summed E-state index contributed by atoms with van der Waals surface area (Å²) in [5.74, 6) is -2.00. The first-order valence-corrected chi connectivity index (χ1v) is 8.50. The molecule has 2 N–H and O–H groups in total. The van der Waals surface area contributed by atoms with Crippen LogP contribution in [-0.2, 0) is 24.3 Å². The summed E-state index contributed by atoms with van der Waals surface area (Å²) in [6.45, 7) is 7.55. The summed E-state index contributed by atoms with van der Waals surface area (Å²) in [6.07, 6.45) is 0.127. The van der Waals surface area contributed by atoms with Gasteiger partial charge in [0.25, 0.3) is 0 Å². The lowest BCUT2D eigenvalue weighted by Gasteiger charge is -2.19. The smallest absolute Gasteiger partial charge is 0.321 e. The fourth-order valence-electron chi connectivity index (χ4n) is 1.44. The van der Waals surface area contributed by atoms with E-state index in [-0.39, 0.29) is 30.6 Å². The highest BCUT2D eigenvalue weighted by atomic mass is 32.2. The predicted octanol–water partition coefficient (Wildman–Crippen LogP) is 1.14. The summed E-state index contributed by atoms with van der Waals surface area (Å²) >= 11 is 0. The van der Waals surface area contributed by atoms with Crippen LogP contribution in [0.1, 0.15) is 47.0 Å². The highest BCUT2D eigenvalue weighted by Crippen LogP contribution is 2.19. The lowest BCUT2D eigenvalue weighted by Crippen LogP contribution is -2.42. The van der Waals surface area contributed by atoms with E-state index in [1.54, 1.807) is 6.92 Å². The molecule has 0 aliphatic carbocycles. The summed E-state index contributed by atoms with van der Waals surface area (Å²) in [7, 11) is -3.70. The first-order chi connectivity index (χ1) is 9.47. The minimum atomic E-state index is -3.70. The average Bonchev–Trinajstić information content (AvgIpc) is 2.31. The highest BCUT2D eigenvalue weighted by Gasteiger charge is 2.26. The van der Waals surface area contributed by atoms with Crippen LogP contribution in [0.4, 0.5) is 0 Å². The lowest BCUT2D eigenvalue weighted by molar-refractivity contribution is -0.144. The van der Waals surface area contributed by atoms with Gasteiger partial charge in [-0.2, -0.15) is 0 Å². The number of hydrogen-bond acceptors (Lipinski definition) is 5. The third-order valence-corrected chi connectivity index (χ3v) is 4.07. The number of carboxylic acids is 1. The maximum absolute atomic E-state index is 11.9. The number of sulfonamides is 1. The van der Waals surface area contributed by atoms with Gasteiger partial charge in [-0.1, -0.05) is 20.8 Å². The highest BCUT2D eigenvalue weighted by molar-refractivity contribution is 7.89. The number of ether oxygens (including phenoxy) is 1. The standard InChI is InChI=1S/C13H25NO6S/c1-5-20-11(15)7-6-10(12(16)17)14-21(18,19)9-8-13(2,3)4/h10,14H,5-9H2,1-4H3,(H,16,17)/t10-/m0/s1. The van der Waals surface area contributed by atoms with Crippen LogP contribution in [0.3, 0.4) is 0 Å². The molecule has 0 aliphatic rings. The van der Waals surface area contributed by atoms with Gasteiger partial charge < -0.3 is 9.84 Å². The average molecular weight is 323 g/mol. The van der Waals surface area contributed by atoms with Crippen LogP contribution in [0.25, 0.3) is 0 Å². The first kappa shape index (κ1) is 19.9. The van der Waals surface area contributed by atoms with E-state index < -0.39 is 28.0 Å². The molecule has 0 heterocycles. The second-order valence-corrected chi connectivity index (χ2v) is 7.86. The number of aliphatic carboxylic acids is 1. The zero-order valence-electron chi connectivity index (χ0n) is 13.0. The molecule has 8 heteroatoms. The zero-order chi connectivity index (χ0) is 16.7. The van der Waals surface area contributed by atoms with Crippen LogP contribution in [0.5, 0.6) is 0 Å². The van der Waals surface area contributed by atoms with Gasteiger partial charge in [0, 0.05) is 6.42 Å². The molecule has 124 valence electrons. The van der Waals surface area contributed by atoms with Crippen molar-refractivity contribution in [3.8, 4) is 0 Å². The second-order valence-electron chi connectivity index (χ2n) is 5.98. The minimum absolute atomic E-state index is 0.136. The van der Waals surface area contributed by atoms with Crippen LogP contribution in [0.15, 0.2) is 0 Å². The van der Waals surface area contributed by atoms with Crippen molar-refractivity contribution in [2.75, 3.05) is 12.4 Å². The molecule has 0 saturated heterocycles. The van der Waals surface area contributed by atoms with Gasteiger partial charge >= 0.3 is 11.9 Å². The Morgan fingerprint density at radius 1 is 1.29 bits per heavy atom. The van der Waals surface area contributed by atoms with Crippen molar-refractivity contribution in [1.82, 2.24) is 4.72 Å². The molecule has 0 rings (SSSR count). The van der Waals surface area contributed by atoms with Crippen molar-refractivity contribution in [1.29, 1.82) is 0 Å². The molecule has 0 fully saturated rings. The van der Waals surface area contributed by atoms with Crippen LogP contribution in [0.2, 0.25) is 0 Å². The van der Waals surface area contributed by atoms with E-state index in [0.29, 0.717) is 6.42 Å². The van der Waals surface area contributed by atoms with E-state index in [9.17, 15) is 18.0 Å². The Balaban J connectivity index is 4.55. The van der Waals surface area contributed by atoms with E-state index >= 15 is 0 Å². The SMILES string of the molecule is CCOC(=O)CC[C@H](NS(=O)(=O)CCC(C)(C)C)C(=O)O. The van der Waals surface area contributed by atoms with Crippen LogP contribution in [0, 0.1) is 5.41 Å². The van der Waals surface area contributed by atoms with Gasteiger partial charge in [0.1, 0.15) is 6.04 Å². The molecular weight excluding hydrogens is 298 g/mol. The van der Waals surface area contributed by atoms with Gasteiger partial charge in [0.15, 0.2) is 0 Å². The van der Waals surface area contributed by atoms with Gasteiger partial charge in [-0.25, -0.2) is 13.1 Å². The quantitative estimate of drug-likeness (QED) is 0.616. The molecule has 21 heavy (non-hydrogen) atoms. The van der Waals surface area contributed by atoms with E-state index in [0.717, 1.165) is 0 Å². The van der Waals surface area contributed by atoms with Crippen molar-refractivity contribution in [3.63, 3.8) is 0 Å². The monoisotopic (exact) mass is 323 g/mol. The minimum Gasteiger partial charge on any atom is -0.480 e. The van der Waals surface area contributed by atoms with Gasteiger partial charge in [-0.3, -0.25) is 9.59 Å². The molecule has 0 bridgehead atoms. The molecule has 0 aromatic carbocycles. The second kappa shape index (κ2) is 8.33. The lowest BCUT2D eigenvalue weighted by atomic mass is 9.94. The van der Waals surface area contributed by atoms with E-state index in [2.05, 4.69) is 9.46 Å². The number of nitrogens with one attached hydrogen (secondary N) is 1. The third-order valence-electron chi connectivity index (χ3n) is 2.68. The summed E-state index contributed by atoms with van der Waals surface area (Å²) in [4.78, 5) is 22.3. The Morgan fingerprint density at radius 2 is 1.86 bits per heavy atom. The third kappa shape index (κ3) is 10.3. The molecule has 0 aromatic rings.